The van der Waals surface area contributed by atoms with Gasteiger partial charge < -0.3 is 15.4 Å². The van der Waals surface area contributed by atoms with E-state index in [4.69, 9.17) is 4.74 Å². The van der Waals surface area contributed by atoms with Crippen LogP contribution in [0.4, 0.5) is 0 Å². The van der Waals surface area contributed by atoms with Crippen LogP contribution >= 0.6 is 0 Å². The van der Waals surface area contributed by atoms with Gasteiger partial charge in [0, 0.05) is 33.0 Å². The lowest BCUT2D eigenvalue weighted by atomic mass is 10.1. The molecule has 0 amide bonds. The molecule has 2 atom stereocenters. The lowest BCUT2D eigenvalue weighted by Gasteiger charge is -2.36. The van der Waals surface area contributed by atoms with Gasteiger partial charge in [-0.3, -0.25) is 14.8 Å². The van der Waals surface area contributed by atoms with Gasteiger partial charge in [0.25, 0.3) is 0 Å². The van der Waals surface area contributed by atoms with Gasteiger partial charge in [-0.25, -0.2) is 0 Å². The summed E-state index contributed by atoms with van der Waals surface area (Å²) in [5.41, 5.74) is 0. The number of likely N-dealkylation sites (N-methyl/N-ethyl adjacent to an activating group) is 1. The fraction of sp³-hybridized carbons (Fsp3) is 0.941. The Labute approximate surface area is 143 Å². The Morgan fingerprint density at radius 2 is 1.96 bits per heavy atom. The highest BCUT2D eigenvalue weighted by Crippen LogP contribution is 2.10. The molecule has 0 fully saturated rings. The van der Waals surface area contributed by atoms with Crippen molar-refractivity contribution in [1.29, 1.82) is 0 Å². The van der Waals surface area contributed by atoms with Crippen LogP contribution in [0, 0.1) is 5.92 Å². The molecule has 138 valence electrons. The van der Waals surface area contributed by atoms with Crippen molar-refractivity contribution in [3.05, 3.63) is 0 Å². The molecule has 2 unspecified atom stereocenters. The van der Waals surface area contributed by atoms with Crippen LogP contribution in [0.3, 0.4) is 0 Å². The maximum atomic E-state index is 5.73. The minimum absolute atomic E-state index is 0.0347. The van der Waals surface area contributed by atoms with Gasteiger partial charge in [-0.15, -0.1) is 0 Å². The van der Waals surface area contributed by atoms with Crippen molar-refractivity contribution >= 4 is 6.21 Å². The summed E-state index contributed by atoms with van der Waals surface area (Å²) in [6.07, 6.45) is 4.18. The predicted octanol–water partition coefficient (Wildman–Crippen LogP) is 1.10. The van der Waals surface area contributed by atoms with Gasteiger partial charge in [0.2, 0.25) is 0 Å². The summed E-state index contributed by atoms with van der Waals surface area (Å²) in [4.78, 5) is 9.04. The zero-order valence-electron chi connectivity index (χ0n) is 16.1. The number of rotatable bonds is 15. The number of ether oxygens (including phenoxy) is 1. The predicted molar refractivity (Wildman–Crippen MR) is 100 cm³/mol. The van der Waals surface area contributed by atoms with Crippen molar-refractivity contribution < 1.29 is 4.74 Å². The van der Waals surface area contributed by atoms with Gasteiger partial charge in [-0.1, -0.05) is 13.8 Å². The molecule has 0 saturated heterocycles. The SMILES string of the molecule is CCN(CCC(C)CNC)C(OC)N(C)CC/C=N\CCNC. The number of nitrogens with zero attached hydrogens (tertiary/aromatic N) is 3. The second-order valence-corrected chi connectivity index (χ2v) is 6.10. The molecule has 0 aromatic rings. The number of hydrogen-bond acceptors (Lipinski definition) is 6. The molecule has 0 saturated carbocycles. The molecule has 0 aliphatic heterocycles. The quantitative estimate of drug-likeness (QED) is 0.268. The van der Waals surface area contributed by atoms with Gasteiger partial charge in [-0.05, 0) is 53.0 Å². The fourth-order valence-electron chi connectivity index (χ4n) is 2.60. The van der Waals surface area contributed by atoms with Gasteiger partial charge in [0.15, 0.2) is 6.35 Å². The first-order valence-electron chi connectivity index (χ1n) is 8.85. The van der Waals surface area contributed by atoms with E-state index in [1.807, 2.05) is 20.3 Å². The van der Waals surface area contributed by atoms with Crippen molar-refractivity contribution in [3.63, 3.8) is 0 Å². The van der Waals surface area contributed by atoms with Crippen LogP contribution in [-0.2, 0) is 4.74 Å². The summed E-state index contributed by atoms with van der Waals surface area (Å²) in [6.45, 7) is 10.3. The van der Waals surface area contributed by atoms with Gasteiger partial charge >= 0.3 is 0 Å². The normalized spacial score (nSPS) is 15.0. The largest absolute Gasteiger partial charge is 0.353 e. The van der Waals surface area contributed by atoms with Crippen LogP contribution < -0.4 is 10.6 Å². The summed E-state index contributed by atoms with van der Waals surface area (Å²) in [5, 5.41) is 6.34. The number of hydrogen-bond donors (Lipinski definition) is 2. The molecule has 0 bridgehead atoms. The van der Waals surface area contributed by atoms with Crippen LogP contribution in [-0.4, -0.2) is 89.9 Å². The third-order valence-corrected chi connectivity index (χ3v) is 4.00. The standard InChI is InChI=1S/C17H39N5O/c1-7-22(14-9-16(2)15-19-4)17(23-6)21(5)13-8-10-20-12-11-18-3/h10,16-19H,7-9,11-15H2,1-6H3/b20-10-. The third-order valence-electron chi connectivity index (χ3n) is 4.00. The minimum atomic E-state index is 0.0347. The monoisotopic (exact) mass is 329 g/mol. The van der Waals surface area contributed by atoms with Gasteiger partial charge in [0.05, 0.1) is 6.54 Å². The molecule has 0 aliphatic carbocycles. The van der Waals surface area contributed by atoms with Crippen LogP contribution in [0.25, 0.3) is 0 Å². The Kier molecular flexibility index (Phi) is 14.7. The van der Waals surface area contributed by atoms with E-state index < -0.39 is 0 Å². The van der Waals surface area contributed by atoms with Crippen molar-refractivity contribution in [2.24, 2.45) is 10.9 Å². The van der Waals surface area contributed by atoms with Crippen LogP contribution in [0.5, 0.6) is 0 Å². The second kappa shape index (κ2) is 15.0. The highest BCUT2D eigenvalue weighted by atomic mass is 16.5. The van der Waals surface area contributed by atoms with E-state index in [-0.39, 0.29) is 6.35 Å². The maximum absolute atomic E-state index is 5.73. The molecule has 0 aromatic heterocycles. The molecule has 0 radical (unpaired) electrons. The molecule has 2 N–H and O–H groups in total. The molecule has 0 aromatic carbocycles. The van der Waals surface area contributed by atoms with E-state index in [0.29, 0.717) is 5.92 Å². The molecule has 0 heterocycles. The Hall–Kier alpha value is -0.530. The van der Waals surface area contributed by atoms with Crippen molar-refractivity contribution in [2.75, 3.05) is 67.5 Å². The van der Waals surface area contributed by atoms with Crippen LogP contribution in [0.1, 0.15) is 26.7 Å². The molecular weight excluding hydrogens is 290 g/mol. The number of methoxy groups -OCH3 is 1. The van der Waals surface area contributed by atoms with Gasteiger partial charge in [0.1, 0.15) is 0 Å². The maximum Gasteiger partial charge on any atom is 0.167 e. The summed E-state index contributed by atoms with van der Waals surface area (Å²) in [6, 6.07) is 0. The zero-order chi connectivity index (χ0) is 17.5. The average Bonchev–Trinajstić information content (AvgIpc) is 2.54. The van der Waals surface area contributed by atoms with E-state index in [0.717, 1.165) is 45.7 Å². The molecule has 0 spiro atoms. The Bertz CT molecular complexity index is 288. The lowest BCUT2D eigenvalue weighted by molar-refractivity contribution is -0.124. The molecule has 0 rings (SSSR count). The van der Waals surface area contributed by atoms with Crippen LogP contribution in [0.2, 0.25) is 0 Å². The average molecular weight is 330 g/mol. The molecule has 0 aliphatic rings. The van der Waals surface area contributed by atoms with Crippen molar-refractivity contribution in [3.8, 4) is 0 Å². The smallest absolute Gasteiger partial charge is 0.167 e. The first kappa shape index (κ1) is 22.5. The van der Waals surface area contributed by atoms with E-state index in [2.05, 4.69) is 46.3 Å². The zero-order valence-corrected chi connectivity index (χ0v) is 16.1. The highest BCUT2D eigenvalue weighted by molar-refractivity contribution is 5.57. The van der Waals surface area contributed by atoms with Crippen molar-refractivity contribution in [2.45, 2.75) is 33.0 Å². The Morgan fingerprint density at radius 3 is 2.52 bits per heavy atom. The van der Waals surface area contributed by atoms with Crippen LogP contribution in [0.15, 0.2) is 4.99 Å². The molecule has 6 nitrogen and oxygen atoms in total. The van der Waals surface area contributed by atoms with E-state index in [9.17, 15) is 0 Å². The first-order chi connectivity index (χ1) is 11.1. The summed E-state index contributed by atoms with van der Waals surface area (Å²) in [5.74, 6) is 0.677. The Morgan fingerprint density at radius 1 is 1.22 bits per heavy atom. The van der Waals surface area contributed by atoms with Crippen molar-refractivity contribution in [1.82, 2.24) is 20.4 Å². The second-order valence-electron chi connectivity index (χ2n) is 6.10. The molecule has 23 heavy (non-hydrogen) atoms. The number of nitrogens with one attached hydrogen (secondary N) is 2. The number of aliphatic imine (C=N–C) groups is 1. The topological polar surface area (TPSA) is 52.1 Å². The molecular formula is C17H39N5O. The summed E-state index contributed by atoms with van der Waals surface area (Å²) < 4.78 is 5.73. The van der Waals surface area contributed by atoms with E-state index in [1.54, 1.807) is 7.11 Å². The van der Waals surface area contributed by atoms with E-state index in [1.165, 1.54) is 6.42 Å². The van der Waals surface area contributed by atoms with E-state index >= 15 is 0 Å². The summed E-state index contributed by atoms with van der Waals surface area (Å²) in [7, 11) is 7.87. The summed E-state index contributed by atoms with van der Waals surface area (Å²) >= 11 is 0. The first-order valence-corrected chi connectivity index (χ1v) is 8.85. The lowest BCUT2D eigenvalue weighted by Crippen LogP contribution is -2.49. The minimum Gasteiger partial charge on any atom is -0.353 e. The highest BCUT2D eigenvalue weighted by Gasteiger charge is 2.20. The fourth-order valence-corrected chi connectivity index (χ4v) is 2.60. The van der Waals surface area contributed by atoms with Gasteiger partial charge in [-0.2, -0.15) is 0 Å². The third kappa shape index (κ3) is 10.8. The Balaban J connectivity index is 4.25. The molecule has 6 heteroatoms.